The predicted molar refractivity (Wildman–Crippen MR) is 56.7 cm³/mol. The number of fused-ring (bicyclic) bond motifs is 1. The zero-order valence-corrected chi connectivity index (χ0v) is 9.08. The minimum Gasteiger partial charge on any atom is -0.461 e. The minimum atomic E-state index is -4.62. The molecule has 1 atom stereocenters. The average Bonchev–Trinajstić information content (AvgIpc) is 2.55. The molecule has 1 heterocycles. The molecule has 0 spiro atoms. The van der Waals surface area contributed by atoms with Crippen LogP contribution in [0, 0.1) is 6.92 Å². The summed E-state index contributed by atoms with van der Waals surface area (Å²) in [5.41, 5.74) is 1.18. The van der Waals surface area contributed by atoms with Gasteiger partial charge in [0.25, 0.3) is 0 Å². The number of alkyl halides is 3. The summed E-state index contributed by atoms with van der Waals surface area (Å²) in [6.07, 6.45) is -7.56. The fourth-order valence-corrected chi connectivity index (χ4v) is 1.71. The van der Waals surface area contributed by atoms with Gasteiger partial charge in [0, 0.05) is 11.8 Å². The molecule has 0 bridgehead atoms. The Bertz CT molecular complexity index is 528. The maximum atomic E-state index is 12.2. The Balaban J connectivity index is 2.34. The quantitative estimate of drug-likeness (QED) is 0.880. The van der Waals surface area contributed by atoms with Gasteiger partial charge in [-0.15, -0.1) is 0 Å². The minimum absolute atomic E-state index is 0.177. The number of aliphatic hydroxyl groups is 1. The first-order valence-electron chi connectivity index (χ1n) is 5.11. The lowest BCUT2D eigenvalue weighted by Crippen LogP contribution is -2.30. The van der Waals surface area contributed by atoms with Gasteiger partial charge in [-0.05, 0) is 18.6 Å². The summed E-state index contributed by atoms with van der Waals surface area (Å²) < 4.78 is 42.0. The molecule has 0 saturated heterocycles. The Morgan fingerprint density at radius 3 is 2.53 bits per heavy atom. The first kappa shape index (κ1) is 12.0. The molecule has 2 rings (SSSR count). The number of furan rings is 1. The van der Waals surface area contributed by atoms with Crippen LogP contribution in [-0.2, 0) is 6.42 Å². The number of benzene rings is 1. The highest BCUT2D eigenvalue weighted by atomic mass is 19.4. The van der Waals surface area contributed by atoms with Gasteiger partial charge in [-0.3, -0.25) is 0 Å². The highest BCUT2D eigenvalue weighted by Gasteiger charge is 2.39. The SMILES string of the molecule is Cc1c(CC(O)C(F)(F)F)oc2ccccc12. The summed E-state index contributed by atoms with van der Waals surface area (Å²) in [5, 5.41) is 9.78. The lowest BCUT2D eigenvalue weighted by Gasteiger charge is -2.13. The van der Waals surface area contributed by atoms with E-state index in [1.165, 1.54) is 0 Å². The molecule has 1 aromatic heterocycles. The first-order valence-corrected chi connectivity index (χ1v) is 5.11. The van der Waals surface area contributed by atoms with Crippen molar-refractivity contribution in [3.63, 3.8) is 0 Å². The molecular weight excluding hydrogens is 233 g/mol. The molecule has 0 fully saturated rings. The number of aryl methyl sites for hydroxylation is 1. The normalized spacial score (nSPS) is 14.2. The molecular formula is C12H11F3O2. The van der Waals surface area contributed by atoms with Crippen LogP contribution in [0.5, 0.6) is 0 Å². The standard InChI is InChI=1S/C12H11F3O2/c1-7-8-4-2-3-5-9(8)17-10(7)6-11(16)12(13,14)15/h2-5,11,16H,6H2,1H3. The van der Waals surface area contributed by atoms with Crippen LogP contribution < -0.4 is 0 Å². The molecule has 0 aliphatic carbocycles. The van der Waals surface area contributed by atoms with Gasteiger partial charge in [-0.2, -0.15) is 13.2 Å². The molecule has 92 valence electrons. The van der Waals surface area contributed by atoms with Crippen LogP contribution in [0.15, 0.2) is 28.7 Å². The first-order chi connectivity index (χ1) is 7.89. The summed E-state index contributed by atoms with van der Waals surface area (Å²) >= 11 is 0. The van der Waals surface area contributed by atoms with Crippen molar-refractivity contribution in [2.45, 2.75) is 25.6 Å². The Morgan fingerprint density at radius 1 is 1.29 bits per heavy atom. The Labute approximate surface area is 95.7 Å². The predicted octanol–water partition coefficient (Wildman–Crippen LogP) is 3.21. The summed E-state index contributed by atoms with van der Waals surface area (Å²) in [6, 6.07) is 6.99. The molecule has 0 aliphatic rings. The Morgan fingerprint density at radius 2 is 1.94 bits per heavy atom. The molecule has 1 N–H and O–H groups in total. The Kier molecular flexibility index (Phi) is 2.87. The van der Waals surface area contributed by atoms with Gasteiger partial charge >= 0.3 is 6.18 Å². The largest absolute Gasteiger partial charge is 0.461 e. The average molecular weight is 244 g/mol. The molecule has 5 heteroatoms. The van der Waals surface area contributed by atoms with Crippen LogP contribution in [0.2, 0.25) is 0 Å². The molecule has 1 unspecified atom stereocenters. The van der Waals surface area contributed by atoms with Crippen molar-refractivity contribution in [3.05, 3.63) is 35.6 Å². The molecule has 17 heavy (non-hydrogen) atoms. The summed E-state index contributed by atoms with van der Waals surface area (Å²) in [4.78, 5) is 0. The van der Waals surface area contributed by atoms with E-state index in [2.05, 4.69) is 0 Å². The van der Waals surface area contributed by atoms with E-state index in [-0.39, 0.29) is 5.76 Å². The summed E-state index contributed by atoms with van der Waals surface area (Å²) in [6.45, 7) is 1.68. The van der Waals surface area contributed by atoms with Crippen LogP contribution in [0.1, 0.15) is 11.3 Å². The van der Waals surface area contributed by atoms with Crippen LogP contribution in [0.3, 0.4) is 0 Å². The van der Waals surface area contributed by atoms with Crippen molar-refractivity contribution >= 4 is 11.0 Å². The number of rotatable bonds is 2. The van der Waals surface area contributed by atoms with Crippen LogP contribution in [-0.4, -0.2) is 17.4 Å². The maximum Gasteiger partial charge on any atom is 0.414 e. The van der Waals surface area contributed by atoms with Gasteiger partial charge in [0.2, 0.25) is 0 Å². The number of hydrogen-bond acceptors (Lipinski definition) is 2. The van der Waals surface area contributed by atoms with Crippen molar-refractivity contribution in [2.75, 3.05) is 0 Å². The van der Waals surface area contributed by atoms with Crippen LogP contribution in [0.4, 0.5) is 13.2 Å². The van der Waals surface area contributed by atoms with E-state index in [0.717, 1.165) is 5.39 Å². The van der Waals surface area contributed by atoms with E-state index >= 15 is 0 Å². The van der Waals surface area contributed by atoms with Gasteiger partial charge in [-0.1, -0.05) is 18.2 Å². The molecule has 0 saturated carbocycles. The lowest BCUT2D eigenvalue weighted by atomic mass is 10.1. The van der Waals surface area contributed by atoms with Crippen LogP contribution >= 0.6 is 0 Å². The molecule has 0 radical (unpaired) electrons. The van der Waals surface area contributed by atoms with E-state index in [1.807, 2.05) is 0 Å². The Hall–Kier alpha value is -1.49. The van der Waals surface area contributed by atoms with E-state index in [9.17, 15) is 13.2 Å². The highest BCUT2D eigenvalue weighted by molar-refractivity contribution is 5.81. The molecule has 1 aromatic carbocycles. The topological polar surface area (TPSA) is 33.4 Å². The second kappa shape index (κ2) is 4.07. The monoisotopic (exact) mass is 244 g/mol. The number of aliphatic hydroxyl groups excluding tert-OH is 1. The van der Waals surface area contributed by atoms with Gasteiger partial charge in [-0.25, -0.2) is 0 Å². The van der Waals surface area contributed by atoms with Crippen molar-refractivity contribution < 1.29 is 22.7 Å². The molecule has 0 aliphatic heterocycles. The van der Waals surface area contributed by atoms with Gasteiger partial charge in [0.05, 0.1) is 0 Å². The van der Waals surface area contributed by atoms with Gasteiger partial charge in [0.15, 0.2) is 6.10 Å². The number of para-hydroxylation sites is 1. The third kappa shape index (κ3) is 2.29. The fraction of sp³-hybridized carbons (Fsp3) is 0.333. The van der Waals surface area contributed by atoms with E-state index in [4.69, 9.17) is 9.52 Å². The van der Waals surface area contributed by atoms with E-state index in [1.54, 1.807) is 31.2 Å². The maximum absolute atomic E-state index is 12.2. The summed E-state index contributed by atoms with van der Waals surface area (Å²) in [5.74, 6) is 0.177. The fourth-order valence-electron chi connectivity index (χ4n) is 1.71. The van der Waals surface area contributed by atoms with Gasteiger partial charge in [0.1, 0.15) is 11.3 Å². The molecule has 2 nitrogen and oxygen atoms in total. The summed E-state index contributed by atoms with van der Waals surface area (Å²) in [7, 11) is 0. The van der Waals surface area contributed by atoms with Crippen molar-refractivity contribution in [1.29, 1.82) is 0 Å². The van der Waals surface area contributed by atoms with Crippen molar-refractivity contribution in [3.8, 4) is 0 Å². The second-order valence-corrected chi connectivity index (χ2v) is 3.91. The third-order valence-corrected chi connectivity index (χ3v) is 2.70. The highest BCUT2D eigenvalue weighted by Crippen LogP contribution is 2.29. The van der Waals surface area contributed by atoms with Crippen molar-refractivity contribution in [1.82, 2.24) is 0 Å². The second-order valence-electron chi connectivity index (χ2n) is 3.91. The number of halogens is 3. The zero-order valence-electron chi connectivity index (χ0n) is 9.08. The number of hydrogen-bond donors (Lipinski definition) is 1. The molecule has 0 amide bonds. The lowest BCUT2D eigenvalue weighted by molar-refractivity contribution is -0.203. The zero-order chi connectivity index (χ0) is 12.6. The smallest absolute Gasteiger partial charge is 0.414 e. The van der Waals surface area contributed by atoms with Gasteiger partial charge < -0.3 is 9.52 Å². The molecule has 2 aromatic rings. The van der Waals surface area contributed by atoms with Crippen LogP contribution in [0.25, 0.3) is 11.0 Å². The third-order valence-electron chi connectivity index (χ3n) is 2.70. The van der Waals surface area contributed by atoms with E-state index < -0.39 is 18.7 Å². The van der Waals surface area contributed by atoms with Crippen molar-refractivity contribution in [2.24, 2.45) is 0 Å². The van der Waals surface area contributed by atoms with E-state index in [0.29, 0.717) is 11.1 Å².